The van der Waals surface area contributed by atoms with E-state index in [1.807, 2.05) is 0 Å². The maximum absolute atomic E-state index is 12.1. The van der Waals surface area contributed by atoms with Gasteiger partial charge in [0.25, 0.3) is 0 Å². The summed E-state index contributed by atoms with van der Waals surface area (Å²) in [7, 11) is 0. The van der Waals surface area contributed by atoms with Crippen LogP contribution in [-0.4, -0.2) is 5.78 Å². The Bertz CT molecular complexity index is 207. The van der Waals surface area contributed by atoms with Crippen molar-refractivity contribution in [3.63, 3.8) is 0 Å². The van der Waals surface area contributed by atoms with Gasteiger partial charge in [0.05, 0.1) is 0 Å². The molecular weight excluding hydrogens is 172 g/mol. The number of carbonyl (C=O) groups is 1. The van der Waals surface area contributed by atoms with Crippen molar-refractivity contribution in [3.8, 4) is 0 Å². The van der Waals surface area contributed by atoms with Crippen molar-refractivity contribution in [2.75, 3.05) is 0 Å². The molecule has 0 aromatic carbocycles. The van der Waals surface area contributed by atoms with Crippen LogP contribution in [0, 0.1) is 11.3 Å². The van der Waals surface area contributed by atoms with Crippen LogP contribution in [0.4, 0.5) is 0 Å². The second-order valence-corrected chi connectivity index (χ2v) is 5.55. The second-order valence-electron chi connectivity index (χ2n) is 5.55. The molecule has 0 radical (unpaired) electrons. The van der Waals surface area contributed by atoms with Crippen LogP contribution >= 0.6 is 0 Å². The van der Waals surface area contributed by atoms with Gasteiger partial charge in [-0.1, -0.05) is 45.4 Å². The van der Waals surface area contributed by atoms with E-state index in [0.717, 1.165) is 25.2 Å². The van der Waals surface area contributed by atoms with E-state index in [1.165, 1.54) is 38.5 Å². The minimum absolute atomic E-state index is 0.0720. The quantitative estimate of drug-likeness (QED) is 0.669. The smallest absolute Gasteiger partial charge is 0.139 e. The topological polar surface area (TPSA) is 17.1 Å². The zero-order valence-electron chi connectivity index (χ0n) is 9.35. The monoisotopic (exact) mass is 194 g/mol. The van der Waals surface area contributed by atoms with Crippen molar-refractivity contribution in [2.24, 2.45) is 11.3 Å². The third-order valence-electron chi connectivity index (χ3n) is 4.33. The molecule has 2 rings (SSSR count). The first-order valence-electron chi connectivity index (χ1n) is 6.24. The Labute approximate surface area is 87.3 Å². The molecule has 80 valence electrons. The predicted octanol–water partition coefficient (Wildman–Crippen LogP) is 3.72. The number of ketones is 1. The number of carbonyl (C=O) groups excluding carboxylic acids is 1. The molecule has 0 amide bonds. The van der Waals surface area contributed by atoms with Crippen molar-refractivity contribution in [3.05, 3.63) is 0 Å². The first-order valence-corrected chi connectivity index (χ1v) is 6.24. The maximum Gasteiger partial charge on any atom is 0.139 e. The maximum atomic E-state index is 12.1. The number of hydrogen-bond acceptors (Lipinski definition) is 1. The van der Waals surface area contributed by atoms with Gasteiger partial charge in [-0.15, -0.1) is 0 Å². The fraction of sp³-hybridized carbons (Fsp3) is 0.923. The van der Waals surface area contributed by atoms with Gasteiger partial charge in [-0.05, 0) is 18.8 Å². The summed E-state index contributed by atoms with van der Waals surface area (Å²) in [5, 5.41) is 0. The molecule has 1 nitrogen and oxygen atoms in total. The third-order valence-corrected chi connectivity index (χ3v) is 4.33. The summed E-state index contributed by atoms with van der Waals surface area (Å²) in [6.45, 7) is 2.19. The fourth-order valence-corrected chi connectivity index (χ4v) is 3.16. The summed E-state index contributed by atoms with van der Waals surface area (Å²) < 4.78 is 0. The number of Topliss-reactive ketones (excluding diaryl/α,β-unsaturated/α-hetero) is 1. The van der Waals surface area contributed by atoms with Crippen LogP contribution in [0.25, 0.3) is 0 Å². The van der Waals surface area contributed by atoms with E-state index in [0.29, 0.717) is 5.78 Å². The molecule has 0 spiro atoms. The molecule has 0 atom stereocenters. The first kappa shape index (κ1) is 10.2. The highest BCUT2D eigenvalue weighted by atomic mass is 16.1. The van der Waals surface area contributed by atoms with Gasteiger partial charge < -0.3 is 0 Å². The Morgan fingerprint density at radius 2 is 1.71 bits per heavy atom. The van der Waals surface area contributed by atoms with Crippen molar-refractivity contribution in [2.45, 2.75) is 64.7 Å². The summed E-state index contributed by atoms with van der Waals surface area (Å²) in [4.78, 5) is 12.1. The molecule has 2 fully saturated rings. The molecule has 2 aliphatic carbocycles. The standard InChI is InChI=1S/C13H22O/c1-13(8-4-5-9-13)12(14)10-11-6-2-3-7-11/h11H,2-10H2,1H3. The molecule has 0 unspecified atom stereocenters. The van der Waals surface area contributed by atoms with Crippen molar-refractivity contribution in [1.29, 1.82) is 0 Å². The van der Waals surface area contributed by atoms with Crippen LogP contribution in [0.5, 0.6) is 0 Å². The minimum atomic E-state index is 0.0720. The average Bonchev–Trinajstić information content (AvgIpc) is 2.76. The molecule has 0 aromatic heterocycles. The normalized spacial score (nSPS) is 26.9. The van der Waals surface area contributed by atoms with E-state index < -0.39 is 0 Å². The van der Waals surface area contributed by atoms with Crippen LogP contribution in [-0.2, 0) is 4.79 Å². The highest BCUT2D eigenvalue weighted by Crippen LogP contribution is 2.41. The Kier molecular flexibility index (Phi) is 2.94. The Morgan fingerprint density at radius 3 is 2.29 bits per heavy atom. The number of hydrogen-bond donors (Lipinski definition) is 0. The molecule has 0 N–H and O–H groups in total. The zero-order chi connectivity index (χ0) is 10.0. The van der Waals surface area contributed by atoms with Crippen molar-refractivity contribution < 1.29 is 4.79 Å². The van der Waals surface area contributed by atoms with Gasteiger partial charge >= 0.3 is 0 Å². The lowest BCUT2D eigenvalue weighted by molar-refractivity contribution is -0.128. The van der Waals surface area contributed by atoms with Crippen LogP contribution in [0.15, 0.2) is 0 Å². The molecule has 1 heteroatoms. The summed E-state index contributed by atoms with van der Waals surface area (Å²) in [6.07, 6.45) is 11.1. The molecule has 14 heavy (non-hydrogen) atoms. The van der Waals surface area contributed by atoms with Gasteiger partial charge in [0.15, 0.2) is 0 Å². The second kappa shape index (κ2) is 4.04. The highest BCUT2D eigenvalue weighted by molar-refractivity contribution is 5.84. The van der Waals surface area contributed by atoms with E-state index in [-0.39, 0.29) is 5.41 Å². The highest BCUT2D eigenvalue weighted by Gasteiger charge is 2.36. The van der Waals surface area contributed by atoms with E-state index >= 15 is 0 Å². The van der Waals surface area contributed by atoms with E-state index in [2.05, 4.69) is 6.92 Å². The average molecular weight is 194 g/mol. The lowest BCUT2D eigenvalue weighted by Gasteiger charge is -2.23. The summed E-state index contributed by atoms with van der Waals surface area (Å²) >= 11 is 0. The predicted molar refractivity (Wildman–Crippen MR) is 58.2 cm³/mol. The van der Waals surface area contributed by atoms with Crippen molar-refractivity contribution >= 4 is 5.78 Å². The molecule has 2 saturated carbocycles. The van der Waals surface area contributed by atoms with Gasteiger partial charge in [0, 0.05) is 11.8 Å². The largest absolute Gasteiger partial charge is 0.299 e. The molecule has 0 heterocycles. The first-order chi connectivity index (χ1) is 6.71. The van der Waals surface area contributed by atoms with Gasteiger partial charge in [-0.2, -0.15) is 0 Å². The molecule has 2 aliphatic rings. The molecule has 0 saturated heterocycles. The van der Waals surface area contributed by atoms with Gasteiger partial charge in [-0.3, -0.25) is 4.79 Å². The summed E-state index contributed by atoms with van der Waals surface area (Å²) in [5.41, 5.74) is 0.0720. The van der Waals surface area contributed by atoms with Crippen LogP contribution in [0.3, 0.4) is 0 Å². The van der Waals surface area contributed by atoms with Crippen molar-refractivity contribution in [1.82, 2.24) is 0 Å². The zero-order valence-corrected chi connectivity index (χ0v) is 9.35. The lowest BCUT2D eigenvalue weighted by atomic mass is 9.80. The minimum Gasteiger partial charge on any atom is -0.299 e. The van der Waals surface area contributed by atoms with E-state index in [1.54, 1.807) is 0 Å². The third kappa shape index (κ3) is 2.02. The Hall–Kier alpha value is -0.330. The Balaban J connectivity index is 1.87. The van der Waals surface area contributed by atoms with Gasteiger partial charge in [0.2, 0.25) is 0 Å². The van der Waals surface area contributed by atoms with E-state index in [4.69, 9.17) is 0 Å². The molecule has 0 aliphatic heterocycles. The Morgan fingerprint density at radius 1 is 1.14 bits per heavy atom. The van der Waals surface area contributed by atoms with Gasteiger partial charge in [-0.25, -0.2) is 0 Å². The number of rotatable bonds is 3. The lowest BCUT2D eigenvalue weighted by Crippen LogP contribution is -2.25. The van der Waals surface area contributed by atoms with Gasteiger partial charge in [0.1, 0.15) is 5.78 Å². The summed E-state index contributed by atoms with van der Waals surface area (Å²) in [5.74, 6) is 1.31. The molecule has 0 bridgehead atoms. The van der Waals surface area contributed by atoms with E-state index in [9.17, 15) is 4.79 Å². The fourth-order valence-electron chi connectivity index (χ4n) is 3.16. The SMILES string of the molecule is CC1(C(=O)CC2CCCC2)CCCC1. The van der Waals surface area contributed by atoms with Crippen LogP contribution < -0.4 is 0 Å². The summed E-state index contributed by atoms with van der Waals surface area (Å²) in [6, 6.07) is 0. The molecule has 0 aromatic rings. The van der Waals surface area contributed by atoms with Crippen LogP contribution in [0.1, 0.15) is 64.7 Å². The van der Waals surface area contributed by atoms with Crippen LogP contribution in [0.2, 0.25) is 0 Å². The molecular formula is C13H22O.